The highest BCUT2D eigenvalue weighted by molar-refractivity contribution is 4.92. The van der Waals surface area contributed by atoms with Crippen LogP contribution in [-0.2, 0) is 18.9 Å². The van der Waals surface area contributed by atoms with Crippen LogP contribution < -0.4 is 0 Å². The second-order valence-electron chi connectivity index (χ2n) is 4.23. The minimum atomic E-state index is -0.510. The molecule has 0 aromatic carbocycles. The lowest BCUT2D eigenvalue weighted by Gasteiger charge is -2.21. The van der Waals surface area contributed by atoms with Crippen LogP contribution in [0, 0.1) is 12.3 Å². The Bertz CT molecular complexity index is 268. The van der Waals surface area contributed by atoms with Crippen LogP contribution in [0.3, 0.4) is 0 Å². The van der Waals surface area contributed by atoms with Crippen LogP contribution in [0.4, 0.5) is 0 Å². The minimum absolute atomic E-state index is 0.0273. The summed E-state index contributed by atoms with van der Waals surface area (Å²) in [6.07, 6.45) is 5.02. The maximum atomic E-state index is 5.74. The predicted molar refractivity (Wildman–Crippen MR) is 53.2 cm³/mol. The van der Waals surface area contributed by atoms with Gasteiger partial charge < -0.3 is 18.9 Å². The Morgan fingerprint density at radius 1 is 1.47 bits per heavy atom. The summed E-state index contributed by atoms with van der Waals surface area (Å²) in [6.45, 7) is 5.15. The van der Waals surface area contributed by atoms with E-state index in [0.29, 0.717) is 19.8 Å². The van der Waals surface area contributed by atoms with Crippen molar-refractivity contribution < 1.29 is 18.9 Å². The van der Waals surface area contributed by atoms with Gasteiger partial charge in [0, 0.05) is 0 Å². The predicted octanol–water partition coefficient (Wildman–Crippen LogP) is 0.555. The topological polar surface area (TPSA) is 36.9 Å². The van der Waals surface area contributed by atoms with E-state index >= 15 is 0 Å². The third kappa shape index (κ3) is 2.32. The summed E-state index contributed by atoms with van der Waals surface area (Å²) in [5.74, 6) is 1.91. The zero-order chi connectivity index (χ0) is 10.9. The molecule has 0 radical (unpaired) electrons. The Kier molecular flexibility index (Phi) is 2.98. The van der Waals surface area contributed by atoms with E-state index in [2.05, 4.69) is 5.92 Å². The van der Waals surface area contributed by atoms with Gasteiger partial charge in [0.05, 0.1) is 13.2 Å². The molecule has 2 aliphatic rings. The average Bonchev–Trinajstić information content (AvgIpc) is 2.63. The van der Waals surface area contributed by atoms with E-state index in [0.717, 1.165) is 0 Å². The standard InChI is InChI=1S/C11H16O4/c1-4-5-12-6-8-10-9(7-13-8)14-11(2,3)15-10/h1,8-10H,5-7H2,2-3H3/t8-,9+,10-/m1/s1. The molecule has 0 unspecified atom stereocenters. The highest BCUT2D eigenvalue weighted by Crippen LogP contribution is 2.35. The van der Waals surface area contributed by atoms with E-state index < -0.39 is 5.79 Å². The van der Waals surface area contributed by atoms with Gasteiger partial charge in [-0.1, -0.05) is 5.92 Å². The van der Waals surface area contributed by atoms with Crippen molar-refractivity contribution in [2.75, 3.05) is 19.8 Å². The molecule has 0 amide bonds. The quantitative estimate of drug-likeness (QED) is 0.506. The largest absolute Gasteiger partial charge is 0.370 e. The maximum Gasteiger partial charge on any atom is 0.164 e. The van der Waals surface area contributed by atoms with Gasteiger partial charge in [-0.05, 0) is 13.8 Å². The lowest BCUT2D eigenvalue weighted by atomic mass is 10.2. The van der Waals surface area contributed by atoms with Gasteiger partial charge in [0.1, 0.15) is 24.9 Å². The first-order valence-corrected chi connectivity index (χ1v) is 5.11. The number of hydrogen-bond acceptors (Lipinski definition) is 4. The van der Waals surface area contributed by atoms with Crippen molar-refractivity contribution in [3.63, 3.8) is 0 Å². The summed E-state index contributed by atoms with van der Waals surface area (Å²) in [6, 6.07) is 0. The van der Waals surface area contributed by atoms with Crippen molar-refractivity contribution in [2.45, 2.75) is 37.9 Å². The van der Waals surface area contributed by atoms with Gasteiger partial charge in [-0.25, -0.2) is 0 Å². The Balaban J connectivity index is 1.86. The molecule has 84 valence electrons. The third-order valence-corrected chi connectivity index (χ3v) is 2.53. The fourth-order valence-electron chi connectivity index (χ4n) is 2.00. The molecule has 0 aliphatic carbocycles. The molecular weight excluding hydrogens is 196 g/mol. The number of fused-ring (bicyclic) bond motifs is 1. The normalized spacial score (nSPS) is 37.5. The van der Waals surface area contributed by atoms with Gasteiger partial charge in [-0.15, -0.1) is 6.42 Å². The molecule has 0 saturated carbocycles. The van der Waals surface area contributed by atoms with Crippen LogP contribution in [0.5, 0.6) is 0 Å². The van der Waals surface area contributed by atoms with Crippen molar-refractivity contribution >= 4 is 0 Å². The molecule has 4 heteroatoms. The Morgan fingerprint density at radius 2 is 2.27 bits per heavy atom. The highest BCUT2D eigenvalue weighted by Gasteiger charge is 2.49. The minimum Gasteiger partial charge on any atom is -0.370 e. The van der Waals surface area contributed by atoms with Gasteiger partial charge in [0.25, 0.3) is 0 Å². The fourth-order valence-corrected chi connectivity index (χ4v) is 2.00. The molecular formula is C11H16O4. The van der Waals surface area contributed by atoms with E-state index in [1.807, 2.05) is 13.8 Å². The fraction of sp³-hybridized carbons (Fsp3) is 0.818. The van der Waals surface area contributed by atoms with Crippen molar-refractivity contribution in [3.05, 3.63) is 0 Å². The van der Waals surface area contributed by atoms with Crippen molar-refractivity contribution in [1.29, 1.82) is 0 Å². The molecule has 0 aromatic rings. The Hall–Kier alpha value is -0.600. The smallest absolute Gasteiger partial charge is 0.164 e. The first-order valence-electron chi connectivity index (χ1n) is 5.11. The van der Waals surface area contributed by atoms with Gasteiger partial charge in [-0.3, -0.25) is 0 Å². The van der Waals surface area contributed by atoms with E-state index in [1.54, 1.807) is 0 Å². The van der Waals surface area contributed by atoms with E-state index in [9.17, 15) is 0 Å². The van der Waals surface area contributed by atoms with Crippen molar-refractivity contribution in [2.24, 2.45) is 0 Å². The molecule has 0 bridgehead atoms. The van der Waals surface area contributed by atoms with Gasteiger partial charge in [0.15, 0.2) is 5.79 Å². The molecule has 0 spiro atoms. The lowest BCUT2D eigenvalue weighted by Crippen LogP contribution is -2.33. The first-order chi connectivity index (χ1) is 7.12. The van der Waals surface area contributed by atoms with Crippen LogP contribution >= 0.6 is 0 Å². The number of ether oxygens (including phenoxy) is 4. The molecule has 4 nitrogen and oxygen atoms in total. The summed E-state index contributed by atoms with van der Waals surface area (Å²) < 4.78 is 22.2. The molecule has 2 saturated heterocycles. The molecule has 2 rings (SSSR count). The average molecular weight is 212 g/mol. The molecule has 0 aromatic heterocycles. The second kappa shape index (κ2) is 4.11. The van der Waals surface area contributed by atoms with Crippen LogP contribution in [0.2, 0.25) is 0 Å². The molecule has 0 N–H and O–H groups in total. The number of terminal acetylenes is 1. The summed E-state index contributed by atoms with van der Waals surface area (Å²) in [4.78, 5) is 0. The summed E-state index contributed by atoms with van der Waals surface area (Å²) >= 11 is 0. The molecule has 2 fully saturated rings. The molecule has 15 heavy (non-hydrogen) atoms. The number of rotatable bonds is 3. The van der Waals surface area contributed by atoms with Crippen LogP contribution in [0.25, 0.3) is 0 Å². The maximum absolute atomic E-state index is 5.74. The van der Waals surface area contributed by atoms with E-state index in [-0.39, 0.29) is 18.3 Å². The lowest BCUT2D eigenvalue weighted by molar-refractivity contribution is -0.179. The zero-order valence-corrected chi connectivity index (χ0v) is 9.06. The molecule has 2 heterocycles. The Morgan fingerprint density at radius 3 is 3.00 bits per heavy atom. The second-order valence-corrected chi connectivity index (χ2v) is 4.23. The van der Waals surface area contributed by atoms with Gasteiger partial charge >= 0.3 is 0 Å². The van der Waals surface area contributed by atoms with E-state index in [4.69, 9.17) is 25.4 Å². The zero-order valence-electron chi connectivity index (χ0n) is 9.06. The van der Waals surface area contributed by atoms with Gasteiger partial charge in [0.2, 0.25) is 0 Å². The highest BCUT2D eigenvalue weighted by atomic mass is 16.8. The van der Waals surface area contributed by atoms with Gasteiger partial charge in [-0.2, -0.15) is 0 Å². The van der Waals surface area contributed by atoms with Crippen molar-refractivity contribution in [1.82, 2.24) is 0 Å². The van der Waals surface area contributed by atoms with Crippen LogP contribution in [-0.4, -0.2) is 43.9 Å². The Labute approximate surface area is 89.8 Å². The van der Waals surface area contributed by atoms with Crippen molar-refractivity contribution in [3.8, 4) is 12.3 Å². The SMILES string of the molecule is C#CCOC[C@H]1OC[C@@H]2OC(C)(C)O[C@@H]21. The van der Waals surface area contributed by atoms with Crippen LogP contribution in [0.15, 0.2) is 0 Å². The van der Waals surface area contributed by atoms with E-state index in [1.165, 1.54) is 0 Å². The molecule has 2 aliphatic heterocycles. The molecule has 3 atom stereocenters. The summed E-state index contributed by atoms with van der Waals surface area (Å²) in [5, 5.41) is 0. The third-order valence-electron chi connectivity index (χ3n) is 2.53. The first kappa shape index (κ1) is 10.9. The number of hydrogen-bond donors (Lipinski definition) is 0. The summed E-state index contributed by atoms with van der Waals surface area (Å²) in [7, 11) is 0. The summed E-state index contributed by atoms with van der Waals surface area (Å²) in [5.41, 5.74) is 0. The van der Waals surface area contributed by atoms with Crippen LogP contribution in [0.1, 0.15) is 13.8 Å². The monoisotopic (exact) mass is 212 g/mol.